The van der Waals surface area contributed by atoms with Crippen molar-refractivity contribution in [3.63, 3.8) is 0 Å². The molecule has 0 atom stereocenters. The molecular formula is C17H14ClN3S. The summed E-state index contributed by atoms with van der Waals surface area (Å²) in [6.45, 7) is 1.94. The van der Waals surface area contributed by atoms with Crippen molar-refractivity contribution in [1.82, 2.24) is 9.38 Å². The van der Waals surface area contributed by atoms with E-state index in [2.05, 4.69) is 41.6 Å². The first kappa shape index (κ1) is 15.0. The number of thioether (sulfide) groups is 1. The van der Waals surface area contributed by atoms with Gasteiger partial charge in [0.2, 0.25) is 0 Å². The van der Waals surface area contributed by atoms with Crippen LogP contribution < -0.4 is 0 Å². The molecule has 2 aromatic heterocycles. The van der Waals surface area contributed by atoms with Gasteiger partial charge in [0.1, 0.15) is 11.2 Å². The third kappa shape index (κ3) is 2.47. The molecule has 0 aliphatic carbocycles. The maximum atomic E-state index is 9.44. The molecule has 3 nitrogen and oxygen atoms in total. The fourth-order valence-electron chi connectivity index (χ4n) is 2.55. The Morgan fingerprint density at radius 2 is 2.05 bits per heavy atom. The highest BCUT2D eigenvalue weighted by Crippen LogP contribution is 2.28. The topological polar surface area (TPSA) is 41.1 Å². The molecule has 0 unspecified atom stereocenters. The van der Waals surface area contributed by atoms with Crippen molar-refractivity contribution >= 4 is 29.0 Å². The number of fused-ring (bicyclic) bond motifs is 1. The lowest BCUT2D eigenvalue weighted by Gasteiger charge is -2.13. The Morgan fingerprint density at radius 3 is 2.68 bits per heavy atom. The largest absolute Gasteiger partial charge is 0.289 e. The molecule has 0 aliphatic rings. The molecule has 0 N–H and O–H groups in total. The molecule has 0 fully saturated rings. The van der Waals surface area contributed by atoms with Crippen LogP contribution in [0.4, 0.5) is 0 Å². The number of pyridine rings is 1. The first-order chi connectivity index (χ1) is 10.7. The van der Waals surface area contributed by atoms with Crippen LogP contribution >= 0.6 is 23.4 Å². The van der Waals surface area contributed by atoms with Crippen LogP contribution in [0.5, 0.6) is 0 Å². The van der Waals surface area contributed by atoms with Crippen LogP contribution in [-0.2, 0) is 6.42 Å². The highest BCUT2D eigenvalue weighted by Gasteiger charge is 2.16. The number of benzene rings is 1. The summed E-state index contributed by atoms with van der Waals surface area (Å²) >= 11 is 8.25. The van der Waals surface area contributed by atoms with Gasteiger partial charge in [0.05, 0.1) is 5.56 Å². The van der Waals surface area contributed by atoms with E-state index in [-0.39, 0.29) is 0 Å². The molecule has 0 radical (unpaired) electrons. The molecule has 3 rings (SSSR count). The molecule has 3 aromatic rings. The summed E-state index contributed by atoms with van der Waals surface area (Å²) in [6, 6.07) is 10.7. The minimum Gasteiger partial charge on any atom is -0.289 e. The van der Waals surface area contributed by atoms with E-state index in [0.29, 0.717) is 22.8 Å². The lowest BCUT2D eigenvalue weighted by Crippen LogP contribution is -2.03. The molecule has 0 saturated heterocycles. The van der Waals surface area contributed by atoms with E-state index in [4.69, 9.17) is 11.6 Å². The van der Waals surface area contributed by atoms with Crippen LogP contribution in [0.1, 0.15) is 22.3 Å². The van der Waals surface area contributed by atoms with Crippen molar-refractivity contribution in [2.24, 2.45) is 0 Å². The average Bonchev–Trinajstić information content (AvgIpc) is 3.02. The van der Waals surface area contributed by atoms with Crippen LogP contribution in [0.15, 0.2) is 41.6 Å². The van der Waals surface area contributed by atoms with Gasteiger partial charge in [0.15, 0.2) is 5.65 Å². The van der Waals surface area contributed by atoms with Crippen LogP contribution in [-0.4, -0.2) is 15.6 Å². The summed E-state index contributed by atoms with van der Waals surface area (Å²) in [6.07, 6.45) is 6.21. The molecule has 5 heteroatoms. The lowest BCUT2D eigenvalue weighted by atomic mass is 9.99. The van der Waals surface area contributed by atoms with Gasteiger partial charge in [-0.1, -0.05) is 23.7 Å². The predicted octanol–water partition coefficient (Wildman–Crippen LogP) is 4.48. The second kappa shape index (κ2) is 6.04. The molecule has 22 heavy (non-hydrogen) atoms. The molecule has 1 aromatic carbocycles. The van der Waals surface area contributed by atoms with Crippen LogP contribution in [0.3, 0.4) is 0 Å². The highest BCUT2D eigenvalue weighted by atomic mass is 35.5. The van der Waals surface area contributed by atoms with E-state index < -0.39 is 0 Å². The number of aromatic nitrogens is 2. The minimum atomic E-state index is 0.588. The number of nitrogens with zero attached hydrogens (tertiary/aromatic N) is 3. The third-order valence-electron chi connectivity index (χ3n) is 3.80. The fraction of sp³-hybridized carbons (Fsp3) is 0.176. The second-order valence-corrected chi connectivity index (χ2v) is 6.26. The van der Waals surface area contributed by atoms with E-state index in [1.807, 2.05) is 6.92 Å². The first-order valence-electron chi connectivity index (χ1n) is 6.82. The summed E-state index contributed by atoms with van der Waals surface area (Å²) in [5, 5.41) is 10.1. The van der Waals surface area contributed by atoms with E-state index in [9.17, 15) is 5.26 Å². The second-order valence-electron chi connectivity index (χ2n) is 5.03. The molecule has 110 valence electrons. The Morgan fingerprint density at radius 1 is 1.32 bits per heavy atom. The van der Waals surface area contributed by atoms with E-state index in [0.717, 1.165) is 11.1 Å². The zero-order valence-electron chi connectivity index (χ0n) is 12.3. The molecule has 0 spiro atoms. The van der Waals surface area contributed by atoms with Gasteiger partial charge in [-0.05, 0) is 42.0 Å². The SMILES string of the molecule is CSc1ccc(Cc2c(C)c(C#N)c3nccn3c2Cl)cc1. The van der Waals surface area contributed by atoms with Gasteiger partial charge in [-0.3, -0.25) is 4.40 Å². The van der Waals surface area contributed by atoms with Gasteiger partial charge in [-0.25, -0.2) is 4.98 Å². The number of imidazole rings is 1. The van der Waals surface area contributed by atoms with Crippen molar-refractivity contribution in [2.45, 2.75) is 18.2 Å². The Kier molecular flexibility index (Phi) is 4.10. The standard InChI is InChI=1S/C17H14ClN3S/c1-11-14(9-12-3-5-13(22-2)6-4-12)16(18)21-8-7-20-17(21)15(11)10-19/h3-8H,9H2,1-2H3. The molecule has 2 heterocycles. The number of nitriles is 1. The third-order valence-corrected chi connectivity index (χ3v) is 4.96. The van der Waals surface area contributed by atoms with E-state index in [1.54, 1.807) is 28.6 Å². The first-order valence-corrected chi connectivity index (χ1v) is 8.43. The summed E-state index contributed by atoms with van der Waals surface area (Å²) in [5.41, 5.74) is 4.25. The summed E-state index contributed by atoms with van der Waals surface area (Å²) in [4.78, 5) is 5.47. The van der Waals surface area contributed by atoms with Gasteiger partial charge in [0, 0.05) is 23.7 Å². The highest BCUT2D eigenvalue weighted by molar-refractivity contribution is 7.98. The quantitative estimate of drug-likeness (QED) is 0.526. The van der Waals surface area contributed by atoms with E-state index >= 15 is 0 Å². The number of hydrogen-bond donors (Lipinski definition) is 0. The Bertz CT molecular complexity index is 876. The van der Waals surface area contributed by atoms with Crippen molar-refractivity contribution in [3.05, 3.63) is 64.1 Å². The van der Waals surface area contributed by atoms with Crippen molar-refractivity contribution in [2.75, 3.05) is 6.26 Å². The number of rotatable bonds is 3. The summed E-state index contributed by atoms with van der Waals surface area (Å²) in [5.74, 6) is 0. The van der Waals surface area contributed by atoms with Crippen molar-refractivity contribution < 1.29 is 0 Å². The maximum absolute atomic E-state index is 9.44. The molecule has 0 bridgehead atoms. The van der Waals surface area contributed by atoms with Gasteiger partial charge in [-0.15, -0.1) is 11.8 Å². The van der Waals surface area contributed by atoms with Gasteiger partial charge < -0.3 is 0 Å². The van der Waals surface area contributed by atoms with Gasteiger partial charge in [0.25, 0.3) is 0 Å². The normalized spacial score (nSPS) is 10.8. The van der Waals surface area contributed by atoms with Crippen LogP contribution in [0, 0.1) is 18.3 Å². The lowest BCUT2D eigenvalue weighted by molar-refractivity contribution is 1.06. The summed E-state index contributed by atoms with van der Waals surface area (Å²) in [7, 11) is 0. The van der Waals surface area contributed by atoms with Gasteiger partial charge in [-0.2, -0.15) is 5.26 Å². The molecule has 0 amide bonds. The van der Waals surface area contributed by atoms with Crippen molar-refractivity contribution in [1.29, 1.82) is 5.26 Å². The molecule has 0 aliphatic heterocycles. The zero-order valence-corrected chi connectivity index (χ0v) is 13.9. The monoisotopic (exact) mass is 327 g/mol. The fourth-order valence-corrected chi connectivity index (χ4v) is 3.31. The Balaban J connectivity index is 2.11. The zero-order chi connectivity index (χ0) is 15.7. The van der Waals surface area contributed by atoms with Gasteiger partial charge >= 0.3 is 0 Å². The number of hydrogen-bond acceptors (Lipinski definition) is 3. The Hall–Kier alpha value is -1.96. The minimum absolute atomic E-state index is 0.588. The van der Waals surface area contributed by atoms with E-state index in [1.165, 1.54) is 10.5 Å². The number of halogens is 1. The average molecular weight is 328 g/mol. The van der Waals surface area contributed by atoms with Crippen LogP contribution in [0.25, 0.3) is 5.65 Å². The summed E-state index contributed by atoms with van der Waals surface area (Å²) < 4.78 is 1.78. The molecule has 0 saturated carbocycles. The van der Waals surface area contributed by atoms with Crippen LogP contribution in [0.2, 0.25) is 5.15 Å². The maximum Gasteiger partial charge on any atom is 0.156 e. The smallest absolute Gasteiger partial charge is 0.156 e. The van der Waals surface area contributed by atoms with Crippen molar-refractivity contribution in [3.8, 4) is 6.07 Å². The Labute approximate surface area is 138 Å². The predicted molar refractivity (Wildman–Crippen MR) is 90.7 cm³/mol. The molecular weight excluding hydrogens is 314 g/mol.